The lowest BCUT2D eigenvalue weighted by atomic mass is 9.78. The molecule has 29 heavy (non-hydrogen) atoms. The zero-order valence-electron chi connectivity index (χ0n) is 18.3. The molecule has 0 spiro atoms. The lowest BCUT2D eigenvalue weighted by Crippen LogP contribution is -2.15. The molecule has 0 unspecified atom stereocenters. The molecule has 1 fully saturated rings. The zero-order chi connectivity index (χ0) is 20.5. The summed E-state index contributed by atoms with van der Waals surface area (Å²) in [6.07, 6.45) is 18.9. The molecule has 1 aromatic heterocycles. The van der Waals surface area contributed by atoms with Crippen LogP contribution in [0, 0.1) is 17.7 Å². The van der Waals surface area contributed by atoms with Crippen molar-refractivity contribution in [3.05, 3.63) is 47.5 Å². The maximum absolute atomic E-state index is 14.7. The summed E-state index contributed by atoms with van der Waals surface area (Å²) in [5.41, 5.74) is 2.71. The van der Waals surface area contributed by atoms with Crippen molar-refractivity contribution < 1.29 is 4.39 Å². The van der Waals surface area contributed by atoms with Gasteiger partial charge in [0.15, 0.2) is 5.82 Å². The molecule has 1 aromatic carbocycles. The molecule has 1 saturated carbocycles. The molecule has 0 aliphatic heterocycles. The standard InChI is InChI=1S/C26H37FN2/c1-3-5-6-8-20-9-11-21(12-10-20)13-14-22-15-16-24(25(27)17-22)26-28-18-23(7-4-2)19-29-26/h15-21H,3-14H2,1-2H3/t20-,21-. The van der Waals surface area contributed by atoms with E-state index in [0.29, 0.717) is 11.4 Å². The van der Waals surface area contributed by atoms with E-state index in [9.17, 15) is 4.39 Å². The smallest absolute Gasteiger partial charge is 0.162 e. The van der Waals surface area contributed by atoms with Gasteiger partial charge in [-0.15, -0.1) is 0 Å². The van der Waals surface area contributed by atoms with Crippen molar-refractivity contribution in [3.63, 3.8) is 0 Å². The van der Waals surface area contributed by atoms with E-state index in [0.717, 1.165) is 42.2 Å². The summed E-state index contributed by atoms with van der Waals surface area (Å²) < 4.78 is 14.7. The third-order valence-corrected chi connectivity index (χ3v) is 6.54. The Morgan fingerprint density at radius 2 is 1.52 bits per heavy atom. The van der Waals surface area contributed by atoms with E-state index in [2.05, 4.69) is 29.9 Å². The maximum Gasteiger partial charge on any atom is 0.162 e. The van der Waals surface area contributed by atoms with Crippen molar-refractivity contribution in [2.24, 2.45) is 11.8 Å². The molecule has 3 heteroatoms. The Bertz CT molecular complexity index is 733. The van der Waals surface area contributed by atoms with E-state index >= 15 is 0 Å². The molecule has 0 saturated heterocycles. The molecule has 3 rings (SSSR count). The fourth-order valence-corrected chi connectivity index (χ4v) is 4.67. The molecule has 1 aliphatic carbocycles. The van der Waals surface area contributed by atoms with Crippen LogP contribution in [-0.4, -0.2) is 9.97 Å². The number of hydrogen-bond acceptors (Lipinski definition) is 2. The topological polar surface area (TPSA) is 25.8 Å². The summed E-state index contributed by atoms with van der Waals surface area (Å²) in [5.74, 6) is 2.05. The Labute approximate surface area is 176 Å². The number of hydrogen-bond donors (Lipinski definition) is 0. The van der Waals surface area contributed by atoms with Gasteiger partial charge in [0, 0.05) is 12.4 Å². The summed E-state index contributed by atoms with van der Waals surface area (Å²) in [7, 11) is 0. The van der Waals surface area contributed by atoms with E-state index in [4.69, 9.17) is 0 Å². The van der Waals surface area contributed by atoms with Gasteiger partial charge in [0.2, 0.25) is 0 Å². The highest BCUT2D eigenvalue weighted by atomic mass is 19.1. The molecule has 158 valence electrons. The minimum atomic E-state index is -0.203. The van der Waals surface area contributed by atoms with Gasteiger partial charge in [-0.25, -0.2) is 14.4 Å². The Hall–Kier alpha value is -1.77. The second-order valence-corrected chi connectivity index (χ2v) is 8.90. The van der Waals surface area contributed by atoms with Crippen LogP contribution in [0.15, 0.2) is 30.6 Å². The molecule has 0 bridgehead atoms. The minimum Gasteiger partial charge on any atom is -0.236 e. The molecule has 2 nitrogen and oxygen atoms in total. The first-order chi connectivity index (χ1) is 14.2. The van der Waals surface area contributed by atoms with E-state index in [1.165, 1.54) is 57.8 Å². The maximum atomic E-state index is 14.7. The van der Waals surface area contributed by atoms with E-state index in [1.807, 2.05) is 18.5 Å². The molecular formula is C26H37FN2. The summed E-state index contributed by atoms with van der Waals surface area (Å²) >= 11 is 0. The van der Waals surface area contributed by atoms with E-state index in [1.54, 1.807) is 6.07 Å². The third-order valence-electron chi connectivity index (χ3n) is 6.54. The van der Waals surface area contributed by atoms with Gasteiger partial charge < -0.3 is 0 Å². The SMILES string of the molecule is CCCCC[C@H]1CC[C@H](CCc2ccc(-c3ncc(CCC)cn3)c(F)c2)CC1. The normalized spacial score (nSPS) is 19.4. The number of halogens is 1. The van der Waals surface area contributed by atoms with Crippen LogP contribution in [0.4, 0.5) is 4.39 Å². The molecule has 2 aromatic rings. The van der Waals surface area contributed by atoms with Crippen LogP contribution in [-0.2, 0) is 12.8 Å². The molecule has 0 N–H and O–H groups in total. The van der Waals surface area contributed by atoms with Gasteiger partial charge in [-0.2, -0.15) is 0 Å². The Balaban J connectivity index is 1.48. The molecule has 0 radical (unpaired) electrons. The summed E-state index contributed by atoms with van der Waals surface area (Å²) in [5, 5.41) is 0. The van der Waals surface area contributed by atoms with Crippen molar-refractivity contribution in [3.8, 4) is 11.4 Å². The molecule has 0 amide bonds. The number of aromatic nitrogens is 2. The van der Waals surface area contributed by atoms with E-state index in [-0.39, 0.29) is 5.82 Å². The predicted octanol–water partition coefficient (Wildman–Crippen LogP) is 7.55. The second-order valence-electron chi connectivity index (χ2n) is 8.90. The summed E-state index contributed by atoms with van der Waals surface area (Å²) in [6, 6.07) is 5.59. The van der Waals surface area contributed by atoms with Gasteiger partial charge >= 0.3 is 0 Å². The first-order valence-electron chi connectivity index (χ1n) is 11.8. The number of rotatable bonds is 10. The first-order valence-corrected chi connectivity index (χ1v) is 11.8. The van der Waals surface area contributed by atoms with Crippen LogP contribution in [0.2, 0.25) is 0 Å². The molecule has 1 heterocycles. The van der Waals surface area contributed by atoms with Gasteiger partial charge in [0.05, 0.1) is 5.56 Å². The summed E-state index contributed by atoms with van der Waals surface area (Å²) in [4.78, 5) is 8.72. The lowest BCUT2D eigenvalue weighted by molar-refractivity contribution is 0.249. The van der Waals surface area contributed by atoms with Crippen molar-refractivity contribution in [1.82, 2.24) is 9.97 Å². The minimum absolute atomic E-state index is 0.203. The Morgan fingerprint density at radius 3 is 2.14 bits per heavy atom. The van der Waals surface area contributed by atoms with E-state index < -0.39 is 0 Å². The van der Waals surface area contributed by atoms with Crippen molar-refractivity contribution in [1.29, 1.82) is 0 Å². The summed E-state index contributed by atoms with van der Waals surface area (Å²) in [6.45, 7) is 4.41. The quantitative estimate of drug-likeness (QED) is 0.387. The highest BCUT2D eigenvalue weighted by Gasteiger charge is 2.20. The van der Waals surface area contributed by atoms with Crippen LogP contribution in [0.5, 0.6) is 0 Å². The van der Waals surface area contributed by atoms with Gasteiger partial charge in [-0.3, -0.25) is 0 Å². The van der Waals surface area contributed by atoms with Crippen LogP contribution < -0.4 is 0 Å². The highest BCUT2D eigenvalue weighted by molar-refractivity contribution is 5.56. The van der Waals surface area contributed by atoms with Crippen molar-refractivity contribution in [2.75, 3.05) is 0 Å². The Morgan fingerprint density at radius 1 is 0.828 bits per heavy atom. The predicted molar refractivity (Wildman–Crippen MR) is 119 cm³/mol. The Kier molecular flexibility index (Phi) is 8.64. The fraction of sp³-hybridized carbons (Fsp3) is 0.615. The van der Waals surface area contributed by atoms with Crippen LogP contribution in [0.1, 0.15) is 89.2 Å². The molecular weight excluding hydrogens is 359 g/mol. The largest absolute Gasteiger partial charge is 0.236 e. The second kappa shape index (κ2) is 11.4. The van der Waals surface area contributed by atoms with Crippen molar-refractivity contribution in [2.45, 2.75) is 90.9 Å². The lowest BCUT2D eigenvalue weighted by Gasteiger charge is -2.28. The zero-order valence-corrected chi connectivity index (χ0v) is 18.3. The number of unbranched alkanes of at least 4 members (excludes halogenated alkanes) is 2. The molecule has 1 aliphatic rings. The van der Waals surface area contributed by atoms with Gasteiger partial charge in [-0.1, -0.05) is 77.7 Å². The fourth-order valence-electron chi connectivity index (χ4n) is 4.67. The van der Waals surface area contributed by atoms with Crippen LogP contribution >= 0.6 is 0 Å². The van der Waals surface area contributed by atoms with Crippen molar-refractivity contribution >= 4 is 0 Å². The highest BCUT2D eigenvalue weighted by Crippen LogP contribution is 2.34. The average molecular weight is 397 g/mol. The average Bonchev–Trinajstić information content (AvgIpc) is 2.74. The number of benzene rings is 1. The third kappa shape index (κ3) is 6.62. The van der Waals surface area contributed by atoms with Gasteiger partial charge in [0.1, 0.15) is 5.82 Å². The molecule has 0 atom stereocenters. The number of nitrogens with zero attached hydrogens (tertiary/aromatic N) is 2. The first kappa shape index (κ1) is 21.9. The number of aryl methyl sites for hydroxylation is 2. The monoisotopic (exact) mass is 396 g/mol. The van der Waals surface area contributed by atoms with Crippen LogP contribution in [0.3, 0.4) is 0 Å². The van der Waals surface area contributed by atoms with Crippen LogP contribution in [0.25, 0.3) is 11.4 Å². The van der Waals surface area contributed by atoms with Gasteiger partial charge in [-0.05, 0) is 54.4 Å². The van der Waals surface area contributed by atoms with Gasteiger partial charge in [0.25, 0.3) is 0 Å².